The quantitative estimate of drug-likeness (QED) is 0.797. The van der Waals surface area contributed by atoms with Crippen molar-refractivity contribution >= 4 is 0 Å². The van der Waals surface area contributed by atoms with Gasteiger partial charge in [0.05, 0.1) is 17.2 Å². The lowest BCUT2D eigenvalue weighted by Gasteiger charge is -2.35. The number of aromatic nitrogens is 1. The van der Waals surface area contributed by atoms with Crippen molar-refractivity contribution in [3.05, 3.63) is 17.3 Å². The molecule has 16 heavy (non-hydrogen) atoms. The standard InChI is InChI=1S/C12H20N2O2/c1-8-9(2)16-11(14-8)12(7-13)5-3-10(15)4-6-12/h10,15H,3-7,13H2,1-2H3. The number of aliphatic hydroxyl groups excluding tert-OH is 1. The van der Waals surface area contributed by atoms with Gasteiger partial charge in [0.2, 0.25) is 5.89 Å². The molecular weight excluding hydrogens is 204 g/mol. The molecule has 1 aromatic heterocycles. The van der Waals surface area contributed by atoms with Crippen molar-refractivity contribution in [3.63, 3.8) is 0 Å². The van der Waals surface area contributed by atoms with Gasteiger partial charge >= 0.3 is 0 Å². The molecule has 1 heterocycles. The van der Waals surface area contributed by atoms with Crippen LogP contribution >= 0.6 is 0 Å². The highest BCUT2D eigenvalue weighted by molar-refractivity contribution is 5.14. The van der Waals surface area contributed by atoms with Crippen molar-refractivity contribution in [1.82, 2.24) is 4.98 Å². The molecule has 0 aromatic carbocycles. The molecule has 0 saturated heterocycles. The molecule has 0 bridgehead atoms. The number of hydrogen-bond acceptors (Lipinski definition) is 4. The second-order valence-electron chi connectivity index (χ2n) is 4.88. The van der Waals surface area contributed by atoms with E-state index in [0.29, 0.717) is 6.54 Å². The smallest absolute Gasteiger partial charge is 0.202 e. The summed E-state index contributed by atoms with van der Waals surface area (Å²) < 4.78 is 5.71. The zero-order chi connectivity index (χ0) is 11.8. The monoisotopic (exact) mass is 224 g/mol. The van der Waals surface area contributed by atoms with Gasteiger partial charge in [-0.2, -0.15) is 0 Å². The van der Waals surface area contributed by atoms with Crippen LogP contribution in [0.2, 0.25) is 0 Å². The van der Waals surface area contributed by atoms with Crippen molar-refractivity contribution in [2.75, 3.05) is 6.54 Å². The van der Waals surface area contributed by atoms with Gasteiger partial charge in [0.1, 0.15) is 5.76 Å². The molecule has 90 valence electrons. The first-order valence-corrected chi connectivity index (χ1v) is 5.90. The molecule has 0 aliphatic heterocycles. The van der Waals surface area contributed by atoms with E-state index in [4.69, 9.17) is 10.2 Å². The molecule has 0 unspecified atom stereocenters. The van der Waals surface area contributed by atoms with E-state index in [1.54, 1.807) is 0 Å². The number of oxazole rings is 1. The van der Waals surface area contributed by atoms with Crippen LogP contribution in [0, 0.1) is 13.8 Å². The van der Waals surface area contributed by atoms with Gasteiger partial charge in [0.15, 0.2) is 0 Å². The van der Waals surface area contributed by atoms with Crippen molar-refractivity contribution in [1.29, 1.82) is 0 Å². The van der Waals surface area contributed by atoms with E-state index < -0.39 is 0 Å². The van der Waals surface area contributed by atoms with Crippen molar-refractivity contribution in [2.24, 2.45) is 5.73 Å². The van der Waals surface area contributed by atoms with Crippen LogP contribution in [0.3, 0.4) is 0 Å². The highest BCUT2D eigenvalue weighted by atomic mass is 16.4. The molecule has 1 fully saturated rings. The van der Waals surface area contributed by atoms with E-state index in [1.165, 1.54) is 0 Å². The molecule has 4 heteroatoms. The van der Waals surface area contributed by atoms with Crippen LogP contribution in [0.5, 0.6) is 0 Å². The first-order chi connectivity index (χ1) is 7.57. The van der Waals surface area contributed by atoms with Crippen LogP contribution in [0.25, 0.3) is 0 Å². The number of rotatable bonds is 2. The topological polar surface area (TPSA) is 72.3 Å². The zero-order valence-corrected chi connectivity index (χ0v) is 9.99. The van der Waals surface area contributed by atoms with Gasteiger partial charge in [0, 0.05) is 6.54 Å². The fraction of sp³-hybridized carbons (Fsp3) is 0.750. The minimum atomic E-state index is -0.183. The van der Waals surface area contributed by atoms with Gasteiger partial charge in [-0.3, -0.25) is 0 Å². The molecule has 1 aliphatic rings. The minimum absolute atomic E-state index is 0.155. The Kier molecular flexibility index (Phi) is 3.04. The molecule has 1 aromatic rings. The lowest BCUT2D eigenvalue weighted by Crippen LogP contribution is -2.40. The molecule has 0 atom stereocenters. The molecule has 0 spiro atoms. The van der Waals surface area contributed by atoms with E-state index in [9.17, 15) is 5.11 Å². The largest absolute Gasteiger partial charge is 0.445 e. The van der Waals surface area contributed by atoms with Gasteiger partial charge < -0.3 is 15.3 Å². The number of nitrogens with two attached hydrogens (primary N) is 1. The first-order valence-electron chi connectivity index (χ1n) is 5.90. The van der Waals surface area contributed by atoms with Crippen LogP contribution < -0.4 is 5.73 Å². The summed E-state index contributed by atoms with van der Waals surface area (Å²) in [5.74, 6) is 1.63. The van der Waals surface area contributed by atoms with E-state index in [1.807, 2.05) is 13.8 Å². The number of aryl methyl sites for hydroxylation is 2. The summed E-state index contributed by atoms with van der Waals surface area (Å²) in [7, 11) is 0. The third-order valence-corrected chi connectivity index (χ3v) is 3.79. The lowest BCUT2D eigenvalue weighted by molar-refractivity contribution is 0.0878. The predicted molar refractivity (Wildman–Crippen MR) is 61.2 cm³/mol. The second kappa shape index (κ2) is 4.18. The third-order valence-electron chi connectivity index (χ3n) is 3.79. The number of hydrogen-bond donors (Lipinski definition) is 2. The van der Waals surface area contributed by atoms with Crippen molar-refractivity contribution in [3.8, 4) is 0 Å². The highest BCUT2D eigenvalue weighted by Crippen LogP contribution is 2.38. The van der Waals surface area contributed by atoms with Crippen LogP contribution in [-0.2, 0) is 5.41 Å². The molecule has 4 nitrogen and oxygen atoms in total. The summed E-state index contributed by atoms with van der Waals surface area (Å²) in [5, 5.41) is 9.55. The second-order valence-corrected chi connectivity index (χ2v) is 4.88. The maximum absolute atomic E-state index is 9.55. The molecular formula is C12H20N2O2. The predicted octanol–water partition coefficient (Wildman–Crippen LogP) is 1.42. The Labute approximate surface area is 95.9 Å². The van der Waals surface area contributed by atoms with E-state index in [2.05, 4.69) is 4.98 Å². The van der Waals surface area contributed by atoms with Crippen LogP contribution in [0.15, 0.2) is 4.42 Å². The summed E-state index contributed by atoms with van der Waals surface area (Å²) in [6.07, 6.45) is 3.13. The van der Waals surface area contributed by atoms with Crippen LogP contribution in [0.4, 0.5) is 0 Å². The zero-order valence-electron chi connectivity index (χ0n) is 9.99. The molecule has 0 radical (unpaired) electrons. The van der Waals surface area contributed by atoms with Gasteiger partial charge in [-0.1, -0.05) is 0 Å². The van der Waals surface area contributed by atoms with E-state index in [-0.39, 0.29) is 11.5 Å². The summed E-state index contributed by atoms with van der Waals surface area (Å²) in [6.45, 7) is 4.41. The average Bonchev–Trinajstić information content (AvgIpc) is 2.61. The SMILES string of the molecule is Cc1nc(C2(CN)CCC(O)CC2)oc1C. The summed E-state index contributed by atoms with van der Waals surface area (Å²) in [5.41, 5.74) is 6.68. The van der Waals surface area contributed by atoms with Crippen LogP contribution in [0.1, 0.15) is 43.0 Å². The Hall–Kier alpha value is -0.870. The average molecular weight is 224 g/mol. The maximum Gasteiger partial charge on any atom is 0.202 e. The number of aliphatic hydroxyl groups is 1. The normalized spacial score (nSPS) is 30.6. The minimum Gasteiger partial charge on any atom is -0.445 e. The molecule has 0 amide bonds. The summed E-state index contributed by atoms with van der Waals surface area (Å²) >= 11 is 0. The van der Waals surface area contributed by atoms with Gasteiger partial charge in [0.25, 0.3) is 0 Å². The molecule has 1 saturated carbocycles. The van der Waals surface area contributed by atoms with Crippen molar-refractivity contribution in [2.45, 2.75) is 51.0 Å². The third kappa shape index (κ3) is 1.87. The maximum atomic E-state index is 9.55. The van der Waals surface area contributed by atoms with E-state index in [0.717, 1.165) is 43.0 Å². The van der Waals surface area contributed by atoms with E-state index >= 15 is 0 Å². The Morgan fingerprint density at radius 1 is 1.44 bits per heavy atom. The van der Waals surface area contributed by atoms with Crippen LogP contribution in [-0.4, -0.2) is 22.7 Å². The Balaban J connectivity index is 2.27. The Bertz CT molecular complexity index is 346. The molecule has 1 aliphatic carbocycles. The summed E-state index contributed by atoms with van der Waals surface area (Å²) in [6, 6.07) is 0. The van der Waals surface area contributed by atoms with Gasteiger partial charge in [-0.25, -0.2) is 4.98 Å². The summed E-state index contributed by atoms with van der Waals surface area (Å²) in [4.78, 5) is 4.47. The fourth-order valence-electron chi connectivity index (χ4n) is 2.36. The fourth-order valence-corrected chi connectivity index (χ4v) is 2.36. The molecule has 2 rings (SSSR count). The highest BCUT2D eigenvalue weighted by Gasteiger charge is 2.39. The molecule has 3 N–H and O–H groups in total. The first kappa shape index (κ1) is 11.6. The lowest BCUT2D eigenvalue weighted by atomic mass is 9.73. The Morgan fingerprint density at radius 2 is 2.06 bits per heavy atom. The Morgan fingerprint density at radius 3 is 2.50 bits per heavy atom. The van der Waals surface area contributed by atoms with Gasteiger partial charge in [-0.15, -0.1) is 0 Å². The van der Waals surface area contributed by atoms with Crippen molar-refractivity contribution < 1.29 is 9.52 Å². The number of nitrogens with zero attached hydrogens (tertiary/aromatic N) is 1. The van der Waals surface area contributed by atoms with Gasteiger partial charge in [-0.05, 0) is 39.5 Å².